The zero-order chi connectivity index (χ0) is 7.78. The van der Waals surface area contributed by atoms with Crippen LogP contribution in [0.5, 0.6) is 0 Å². The molecule has 0 aliphatic rings. The third-order valence-electron chi connectivity index (χ3n) is 1.00. The summed E-state index contributed by atoms with van der Waals surface area (Å²) in [6.07, 6.45) is 1.41. The molecule has 0 unspecified atom stereocenters. The second-order valence-corrected chi connectivity index (χ2v) is 4.02. The van der Waals surface area contributed by atoms with Crippen molar-refractivity contribution in [3.05, 3.63) is 11.9 Å². The molecule has 0 aliphatic carbocycles. The number of rotatable bonds is 0. The minimum absolute atomic E-state index is 0.456. The average Bonchev–Trinajstić information content (AvgIpc) is 2.11. The summed E-state index contributed by atoms with van der Waals surface area (Å²) in [5.41, 5.74) is 0.456. The lowest BCUT2D eigenvalue weighted by Crippen LogP contribution is -2.07. The molecule has 1 rings (SSSR count). The van der Waals surface area contributed by atoms with Gasteiger partial charge in [-0.3, -0.25) is 0 Å². The van der Waals surface area contributed by atoms with Gasteiger partial charge in [-0.2, -0.15) is 0 Å². The summed E-state index contributed by atoms with van der Waals surface area (Å²) in [6, 6.07) is 0. The van der Waals surface area contributed by atoms with E-state index < -0.39 is 3.79 Å². The first-order valence-corrected chi connectivity index (χ1v) is 3.57. The standard InChI is InChI=1S/C4H4Cl3N3/c1-10-3(2-8-9-10)4(5,6)7/h2H,1H3. The Balaban J connectivity index is 3.05. The molecule has 10 heavy (non-hydrogen) atoms. The molecule has 0 amide bonds. The maximum absolute atomic E-state index is 5.54. The highest BCUT2D eigenvalue weighted by Gasteiger charge is 2.26. The van der Waals surface area contributed by atoms with Gasteiger partial charge in [0.05, 0.1) is 6.20 Å². The second-order valence-electron chi connectivity index (χ2n) is 1.74. The fourth-order valence-corrected chi connectivity index (χ4v) is 1.06. The summed E-state index contributed by atoms with van der Waals surface area (Å²) >= 11 is 16.6. The van der Waals surface area contributed by atoms with Crippen LogP contribution in [0.25, 0.3) is 0 Å². The molecule has 1 heterocycles. The second kappa shape index (κ2) is 2.57. The molecular formula is C4H4Cl3N3. The third kappa shape index (κ3) is 1.54. The Morgan fingerprint density at radius 1 is 1.50 bits per heavy atom. The van der Waals surface area contributed by atoms with Crippen molar-refractivity contribution in [2.45, 2.75) is 3.79 Å². The average molecular weight is 200 g/mol. The van der Waals surface area contributed by atoms with Gasteiger partial charge in [0.25, 0.3) is 0 Å². The summed E-state index contributed by atoms with van der Waals surface area (Å²) in [4.78, 5) is 0. The maximum atomic E-state index is 5.54. The van der Waals surface area contributed by atoms with Crippen molar-refractivity contribution in [1.82, 2.24) is 15.0 Å². The molecule has 0 aromatic carbocycles. The molecule has 0 saturated heterocycles. The normalized spacial score (nSPS) is 12.0. The van der Waals surface area contributed by atoms with E-state index in [0.29, 0.717) is 5.69 Å². The van der Waals surface area contributed by atoms with Crippen molar-refractivity contribution < 1.29 is 0 Å². The summed E-state index contributed by atoms with van der Waals surface area (Å²) in [7, 11) is 1.66. The van der Waals surface area contributed by atoms with E-state index >= 15 is 0 Å². The zero-order valence-electron chi connectivity index (χ0n) is 5.05. The zero-order valence-corrected chi connectivity index (χ0v) is 7.32. The number of hydrogen-bond donors (Lipinski definition) is 0. The maximum Gasteiger partial charge on any atom is 0.233 e. The van der Waals surface area contributed by atoms with Gasteiger partial charge in [-0.05, 0) is 0 Å². The van der Waals surface area contributed by atoms with Crippen molar-refractivity contribution in [2.75, 3.05) is 0 Å². The van der Waals surface area contributed by atoms with Gasteiger partial charge in [0.1, 0.15) is 5.69 Å². The summed E-state index contributed by atoms with van der Waals surface area (Å²) in [5, 5.41) is 7.14. The van der Waals surface area contributed by atoms with Crippen molar-refractivity contribution >= 4 is 34.8 Å². The number of aromatic nitrogens is 3. The SMILES string of the molecule is Cn1nncc1C(Cl)(Cl)Cl. The first kappa shape index (κ1) is 8.11. The summed E-state index contributed by atoms with van der Waals surface area (Å²) in [5.74, 6) is 0. The minimum atomic E-state index is -1.43. The molecule has 0 radical (unpaired) electrons. The predicted molar refractivity (Wildman–Crippen MR) is 40.2 cm³/mol. The van der Waals surface area contributed by atoms with Crippen LogP contribution >= 0.6 is 34.8 Å². The number of halogens is 3. The van der Waals surface area contributed by atoms with Crippen molar-refractivity contribution in [3.8, 4) is 0 Å². The Kier molecular flexibility index (Phi) is 2.08. The van der Waals surface area contributed by atoms with E-state index in [0.717, 1.165) is 0 Å². The van der Waals surface area contributed by atoms with Crippen LogP contribution in [-0.2, 0) is 10.8 Å². The van der Waals surface area contributed by atoms with Gasteiger partial charge in [-0.15, -0.1) is 5.10 Å². The summed E-state index contributed by atoms with van der Waals surface area (Å²) in [6.45, 7) is 0. The Hall–Kier alpha value is 0.01000. The van der Waals surface area contributed by atoms with Crippen LogP contribution in [0.3, 0.4) is 0 Å². The Morgan fingerprint density at radius 2 is 2.10 bits per heavy atom. The number of nitrogens with zero attached hydrogens (tertiary/aromatic N) is 3. The lowest BCUT2D eigenvalue weighted by atomic mass is 10.5. The molecule has 0 N–H and O–H groups in total. The van der Waals surface area contributed by atoms with Gasteiger partial charge < -0.3 is 0 Å². The Bertz CT molecular complexity index is 226. The van der Waals surface area contributed by atoms with E-state index in [4.69, 9.17) is 34.8 Å². The van der Waals surface area contributed by atoms with Gasteiger partial charge >= 0.3 is 0 Å². The van der Waals surface area contributed by atoms with E-state index in [1.165, 1.54) is 10.9 Å². The van der Waals surface area contributed by atoms with Crippen LogP contribution in [0, 0.1) is 0 Å². The van der Waals surface area contributed by atoms with Crippen LogP contribution in [0.15, 0.2) is 6.20 Å². The van der Waals surface area contributed by atoms with Gasteiger partial charge in [0.15, 0.2) is 0 Å². The van der Waals surface area contributed by atoms with Crippen LogP contribution in [0.1, 0.15) is 5.69 Å². The topological polar surface area (TPSA) is 30.7 Å². The molecule has 56 valence electrons. The fourth-order valence-electron chi connectivity index (χ4n) is 0.546. The van der Waals surface area contributed by atoms with Gasteiger partial charge in [-0.1, -0.05) is 40.0 Å². The lowest BCUT2D eigenvalue weighted by molar-refractivity contribution is 0.684. The highest BCUT2D eigenvalue weighted by Crippen LogP contribution is 2.36. The Morgan fingerprint density at radius 3 is 2.30 bits per heavy atom. The van der Waals surface area contributed by atoms with Crippen LogP contribution in [0.2, 0.25) is 0 Å². The van der Waals surface area contributed by atoms with Gasteiger partial charge in [-0.25, -0.2) is 4.68 Å². The monoisotopic (exact) mass is 199 g/mol. The first-order valence-electron chi connectivity index (χ1n) is 2.43. The molecule has 0 atom stereocenters. The largest absolute Gasteiger partial charge is 0.248 e. The number of hydrogen-bond acceptors (Lipinski definition) is 2. The van der Waals surface area contributed by atoms with E-state index in [9.17, 15) is 0 Å². The smallest absolute Gasteiger partial charge is 0.233 e. The highest BCUT2D eigenvalue weighted by molar-refractivity contribution is 6.66. The lowest BCUT2D eigenvalue weighted by Gasteiger charge is -2.08. The van der Waals surface area contributed by atoms with Crippen molar-refractivity contribution in [2.24, 2.45) is 7.05 Å². The molecular weight excluding hydrogens is 196 g/mol. The van der Waals surface area contributed by atoms with E-state index in [1.807, 2.05) is 0 Å². The van der Waals surface area contributed by atoms with E-state index in [-0.39, 0.29) is 0 Å². The summed E-state index contributed by atoms with van der Waals surface area (Å²) < 4.78 is -0.0226. The van der Waals surface area contributed by atoms with Crippen LogP contribution in [0.4, 0.5) is 0 Å². The number of aryl methyl sites for hydroxylation is 1. The predicted octanol–water partition coefficient (Wildman–Crippen LogP) is 1.64. The molecule has 1 aromatic rings. The third-order valence-corrected chi connectivity index (χ3v) is 1.59. The highest BCUT2D eigenvalue weighted by atomic mass is 35.6. The fraction of sp³-hybridized carbons (Fsp3) is 0.500. The molecule has 6 heteroatoms. The first-order chi connectivity index (χ1) is 4.52. The van der Waals surface area contributed by atoms with Crippen molar-refractivity contribution in [3.63, 3.8) is 0 Å². The van der Waals surface area contributed by atoms with Crippen LogP contribution in [-0.4, -0.2) is 15.0 Å². The molecule has 0 aliphatic heterocycles. The Labute approximate surface area is 72.9 Å². The molecule has 1 aromatic heterocycles. The molecule has 0 spiro atoms. The van der Waals surface area contributed by atoms with E-state index in [2.05, 4.69) is 10.3 Å². The van der Waals surface area contributed by atoms with Gasteiger partial charge in [0.2, 0.25) is 3.79 Å². The number of alkyl halides is 3. The molecule has 0 bridgehead atoms. The minimum Gasteiger partial charge on any atom is -0.248 e. The van der Waals surface area contributed by atoms with Gasteiger partial charge in [0, 0.05) is 7.05 Å². The van der Waals surface area contributed by atoms with Crippen LogP contribution < -0.4 is 0 Å². The van der Waals surface area contributed by atoms with E-state index in [1.54, 1.807) is 7.05 Å². The quantitative estimate of drug-likeness (QED) is 0.596. The van der Waals surface area contributed by atoms with Crippen molar-refractivity contribution in [1.29, 1.82) is 0 Å². The molecule has 3 nitrogen and oxygen atoms in total. The molecule has 0 fully saturated rings. The molecule has 0 saturated carbocycles.